The fraction of sp³-hybridized carbons (Fsp3) is 0.462. The highest BCUT2D eigenvalue weighted by Gasteiger charge is 2.41. The van der Waals surface area contributed by atoms with Crippen molar-refractivity contribution in [3.8, 4) is 0 Å². The molecule has 1 atom stereocenters. The van der Waals surface area contributed by atoms with E-state index in [9.17, 15) is 18.3 Å². The Labute approximate surface area is 118 Å². The van der Waals surface area contributed by atoms with Crippen LogP contribution in [0, 0.1) is 0 Å². The second kappa shape index (κ2) is 5.80. The Morgan fingerprint density at radius 1 is 1.45 bits per heavy atom. The molecule has 0 saturated carbocycles. The third-order valence-electron chi connectivity index (χ3n) is 3.26. The molecule has 0 aromatic heterocycles. The number of hydrogen-bond acceptors (Lipinski definition) is 4. The smallest absolute Gasteiger partial charge is 0.327 e. The van der Waals surface area contributed by atoms with Gasteiger partial charge in [0.2, 0.25) is 10.0 Å². The first-order valence-electron chi connectivity index (χ1n) is 6.29. The van der Waals surface area contributed by atoms with Crippen LogP contribution in [0.5, 0.6) is 0 Å². The lowest BCUT2D eigenvalue weighted by molar-refractivity contribution is -0.138. The minimum atomic E-state index is -3.67. The molecule has 0 fully saturated rings. The van der Waals surface area contributed by atoms with Gasteiger partial charge in [0.15, 0.2) is 0 Å². The number of para-hydroxylation sites is 1. The molecule has 6 nitrogen and oxygen atoms in total. The van der Waals surface area contributed by atoms with Gasteiger partial charge in [-0.05, 0) is 18.1 Å². The predicted octanol–water partition coefficient (Wildman–Crippen LogP) is 0.869. The Balaban J connectivity index is 2.33. The molecule has 0 aliphatic carbocycles. The molecule has 0 spiro atoms. The lowest BCUT2D eigenvalue weighted by atomic mass is 10.1. The molecule has 0 bridgehead atoms. The Kier molecular flexibility index (Phi) is 4.29. The molecule has 110 valence electrons. The van der Waals surface area contributed by atoms with E-state index < -0.39 is 22.0 Å². The molecule has 0 unspecified atom stereocenters. The lowest BCUT2D eigenvalue weighted by Gasteiger charge is -2.24. The summed E-state index contributed by atoms with van der Waals surface area (Å²) < 4.78 is 30.7. The van der Waals surface area contributed by atoms with E-state index in [1.54, 1.807) is 24.3 Å². The van der Waals surface area contributed by atoms with Gasteiger partial charge in [-0.15, -0.1) is 0 Å². The van der Waals surface area contributed by atoms with Crippen LogP contribution in [0.2, 0.25) is 0 Å². The van der Waals surface area contributed by atoms with Gasteiger partial charge < -0.3 is 9.84 Å². The highest BCUT2D eigenvalue weighted by Crippen LogP contribution is 2.34. The molecule has 1 heterocycles. The summed E-state index contributed by atoms with van der Waals surface area (Å²) in [7, 11) is -2.17. The molecule has 1 aliphatic heterocycles. The van der Waals surface area contributed by atoms with Crippen LogP contribution >= 0.6 is 0 Å². The summed E-state index contributed by atoms with van der Waals surface area (Å²) in [4.78, 5) is 11.3. The van der Waals surface area contributed by atoms with Gasteiger partial charge in [-0.25, -0.2) is 13.2 Å². The summed E-state index contributed by atoms with van der Waals surface area (Å²) in [5.74, 6) is -1.25. The summed E-state index contributed by atoms with van der Waals surface area (Å²) in [6.45, 7) is 0.326. The van der Waals surface area contributed by atoms with Crippen LogP contribution in [0.4, 0.5) is 5.69 Å². The first kappa shape index (κ1) is 14.8. The van der Waals surface area contributed by atoms with Crippen LogP contribution in [-0.4, -0.2) is 45.0 Å². The van der Waals surface area contributed by atoms with Gasteiger partial charge >= 0.3 is 5.97 Å². The molecule has 7 heteroatoms. The number of anilines is 1. The number of sulfonamides is 1. The van der Waals surface area contributed by atoms with Crippen LogP contribution in [0.15, 0.2) is 24.3 Å². The van der Waals surface area contributed by atoms with E-state index in [1.807, 2.05) is 0 Å². The minimum Gasteiger partial charge on any atom is -0.480 e. The van der Waals surface area contributed by atoms with Crippen molar-refractivity contribution in [1.82, 2.24) is 0 Å². The molecule has 1 aromatic rings. The van der Waals surface area contributed by atoms with Crippen molar-refractivity contribution in [2.75, 3.05) is 23.8 Å². The number of rotatable bonds is 6. The number of ether oxygens (including phenoxy) is 1. The molecule has 2 rings (SSSR count). The van der Waals surface area contributed by atoms with Crippen molar-refractivity contribution < 1.29 is 23.1 Å². The number of aliphatic carboxylic acids is 1. The number of fused-ring (bicyclic) bond motifs is 1. The third-order valence-corrected chi connectivity index (χ3v) is 5.12. The number of benzene rings is 1. The summed E-state index contributed by atoms with van der Waals surface area (Å²) in [6, 6.07) is 5.83. The predicted molar refractivity (Wildman–Crippen MR) is 74.3 cm³/mol. The van der Waals surface area contributed by atoms with Gasteiger partial charge in [0.25, 0.3) is 0 Å². The second-order valence-corrected chi connectivity index (χ2v) is 6.61. The van der Waals surface area contributed by atoms with Crippen LogP contribution in [0.25, 0.3) is 0 Å². The third kappa shape index (κ3) is 2.78. The van der Waals surface area contributed by atoms with Gasteiger partial charge in [-0.3, -0.25) is 4.31 Å². The maximum absolute atomic E-state index is 12.4. The SMILES string of the molecule is COCCCS(=O)(=O)N1c2ccccc2C[C@H]1C(=O)O. The molecule has 0 radical (unpaired) electrons. The van der Waals surface area contributed by atoms with E-state index in [0.29, 0.717) is 18.7 Å². The van der Waals surface area contributed by atoms with E-state index in [4.69, 9.17) is 4.74 Å². The van der Waals surface area contributed by atoms with Crippen molar-refractivity contribution in [3.63, 3.8) is 0 Å². The van der Waals surface area contributed by atoms with Crippen molar-refractivity contribution >= 4 is 21.7 Å². The Morgan fingerprint density at radius 3 is 2.80 bits per heavy atom. The molecular formula is C13H17NO5S. The second-order valence-electron chi connectivity index (χ2n) is 4.65. The number of methoxy groups -OCH3 is 1. The standard InChI is InChI=1S/C13H17NO5S/c1-19-7-4-8-20(17,18)14-11-6-3-2-5-10(11)9-12(14)13(15)16/h2-3,5-6,12H,4,7-9H2,1H3,(H,15,16)/t12-/m0/s1. The number of carboxylic acid groups (broad SMARTS) is 1. The van der Waals surface area contributed by atoms with Crippen molar-refractivity contribution in [3.05, 3.63) is 29.8 Å². The van der Waals surface area contributed by atoms with Crippen LogP contribution in [0.1, 0.15) is 12.0 Å². The Morgan fingerprint density at radius 2 is 2.15 bits per heavy atom. The number of carboxylic acids is 1. The normalized spacial score (nSPS) is 18.1. The fourth-order valence-electron chi connectivity index (χ4n) is 2.37. The van der Waals surface area contributed by atoms with Crippen LogP contribution in [-0.2, 0) is 26.0 Å². The van der Waals surface area contributed by atoms with Crippen molar-refractivity contribution in [2.45, 2.75) is 18.9 Å². The average Bonchev–Trinajstić information content (AvgIpc) is 2.79. The van der Waals surface area contributed by atoms with E-state index in [2.05, 4.69) is 0 Å². The molecule has 1 N–H and O–H groups in total. The number of hydrogen-bond donors (Lipinski definition) is 1. The Hall–Kier alpha value is -1.60. The number of carbonyl (C=O) groups is 1. The topological polar surface area (TPSA) is 83.9 Å². The van der Waals surface area contributed by atoms with Crippen LogP contribution < -0.4 is 4.31 Å². The average molecular weight is 299 g/mol. The van der Waals surface area contributed by atoms with Crippen molar-refractivity contribution in [1.29, 1.82) is 0 Å². The van der Waals surface area contributed by atoms with Gasteiger partial charge in [-0.1, -0.05) is 18.2 Å². The minimum absolute atomic E-state index is 0.126. The van der Waals surface area contributed by atoms with Gasteiger partial charge in [0.05, 0.1) is 11.4 Å². The Bertz CT molecular complexity index is 599. The van der Waals surface area contributed by atoms with E-state index in [1.165, 1.54) is 7.11 Å². The van der Waals surface area contributed by atoms with E-state index in [0.717, 1.165) is 9.87 Å². The van der Waals surface area contributed by atoms with E-state index >= 15 is 0 Å². The molecule has 0 saturated heterocycles. The summed E-state index contributed by atoms with van der Waals surface area (Å²) in [6.07, 6.45) is 0.541. The zero-order valence-electron chi connectivity index (χ0n) is 11.2. The van der Waals surface area contributed by atoms with Crippen LogP contribution in [0.3, 0.4) is 0 Å². The van der Waals surface area contributed by atoms with Crippen molar-refractivity contribution in [2.24, 2.45) is 0 Å². The molecule has 1 aromatic carbocycles. The summed E-state index contributed by atoms with van der Waals surface area (Å²) >= 11 is 0. The molecule has 0 amide bonds. The highest BCUT2D eigenvalue weighted by atomic mass is 32.2. The van der Waals surface area contributed by atoms with Gasteiger partial charge in [-0.2, -0.15) is 0 Å². The van der Waals surface area contributed by atoms with E-state index in [-0.39, 0.29) is 12.2 Å². The lowest BCUT2D eigenvalue weighted by Crippen LogP contribution is -2.44. The summed E-state index contributed by atoms with van der Waals surface area (Å²) in [5, 5.41) is 9.26. The molecular weight excluding hydrogens is 282 g/mol. The zero-order chi connectivity index (χ0) is 14.8. The number of nitrogens with zero attached hydrogens (tertiary/aromatic N) is 1. The summed E-state index contributed by atoms with van der Waals surface area (Å²) in [5.41, 5.74) is 1.22. The largest absolute Gasteiger partial charge is 0.480 e. The van der Waals surface area contributed by atoms with Gasteiger partial charge in [0.1, 0.15) is 6.04 Å². The maximum Gasteiger partial charge on any atom is 0.327 e. The molecule has 20 heavy (non-hydrogen) atoms. The zero-order valence-corrected chi connectivity index (χ0v) is 12.0. The maximum atomic E-state index is 12.4. The molecule has 1 aliphatic rings. The van der Waals surface area contributed by atoms with Gasteiger partial charge in [0, 0.05) is 20.1 Å². The first-order valence-corrected chi connectivity index (χ1v) is 7.90. The first-order chi connectivity index (χ1) is 9.47. The fourth-order valence-corrected chi connectivity index (χ4v) is 4.08. The quantitative estimate of drug-likeness (QED) is 0.788. The highest BCUT2D eigenvalue weighted by molar-refractivity contribution is 7.92. The monoisotopic (exact) mass is 299 g/mol.